The first-order valence-corrected chi connectivity index (χ1v) is 12.3. The number of methoxy groups -OCH3 is 1. The van der Waals surface area contributed by atoms with E-state index in [0.717, 1.165) is 16.9 Å². The summed E-state index contributed by atoms with van der Waals surface area (Å²) in [5.41, 5.74) is 1.13. The first-order valence-electron chi connectivity index (χ1n) is 11.0. The van der Waals surface area contributed by atoms with Gasteiger partial charge in [-0.3, -0.25) is 4.79 Å². The quantitative estimate of drug-likeness (QED) is 0.199. The standard InChI is InChI=1S/C26H35IO6/c1-7-17(3)24(18(4)16-27)32-23(29)15-20(28)13-14-26(5)22(8-2)31-25(33-26)19-9-11-21(30-6)12-10-19/h7-12,16-17,20,22,24-25,28H,1-2,13-15H2,3-6H3/b18-16+. The summed E-state index contributed by atoms with van der Waals surface area (Å²) in [5, 5.41) is 10.5. The second kappa shape index (κ2) is 12.7. The molecule has 6 nitrogen and oxygen atoms in total. The number of carbonyl (C=O) groups is 1. The van der Waals surface area contributed by atoms with Crippen molar-refractivity contribution in [3.63, 3.8) is 0 Å². The molecule has 0 radical (unpaired) electrons. The van der Waals surface area contributed by atoms with Gasteiger partial charge in [-0.25, -0.2) is 0 Å². The van der Waals surface area contributed by atoms with Crippen LogP contribution >= 0.6 is 22.6 Å². The summed E-state index contributed by atoms with van der Waals surface area (Å²) in [6.07, 6.45) is 2.09. The summed E-state index contributed by atoms with van der Waals surface area (Å²) in [4.78, 5) is 12.5. The molecule has 1 heterocycles. The molecule has 1 aliphatic rings. The van der Waals surface area contributed by atoms with Crippen molar-refractivity contribution >= 4 is 28.6 Å². The molecule has 6 unspecified atom stereocenters. The number of aliphatic hydroxyl groups excluding tert-OH is 1. The van der Waals surface area contributed by atoms with Crippen molar-refractivity contribution in [3.05, 3.63) is 64.8 Å². The van der Waals surface area contributed by atoms with Crippen molar-refractivity contribution in [2.75, 3.05) is 7.11 Å². The minimum absolute atomic E-state index is 0.0247. The topological polar surface area (TPSA) is 74.2 Å². The average molecular weight is 570 g/mol. The van der Waals surface area contributed by atoms with Gasteiger partial charge in [0.15, 0.2) is 6.29 Å². The predicted octanol–water partition coefficient (Wildman–Crippen LogP) is 5.66. The number of ether oxygens (including phenoxy) is 4. The van der Waals surface area contributed by atoms with Gasteiger partial charge in [-0.1, -0.05) is 53.8 Å². The molecule has 1 aliphatic heterocycles. The van der Waals surface area contributed by atoms with Crippen molar-refractivity contribution in [2.24, 2.45) is 5.92 Å². The van der Waals surface area contributed by atoms with Crippen molar-refractivity contribution < 1.29 is 28.8 Å². The van der Waals surface area contributed by atoms with E-state index in [2.05, 4.69) is 35.7 Å². The number of benzene rings is 1. The maximum atomic E-state index is 12.5. The Morgan fingerprint density at radius 2 is 2.00 bits per heavy atom. The average Bonchev–Trinajstić information content (AvgIpc) is 3.17. The second-order valence-corrected chi connectivity index (χ2v) is 9.21. The molecular weight excluding hydrogens is 535 g/mol. The number of rotatable bonds is 12. The highest BCUT2D eigenvalue weighted by Gasteiger charge is 2.45. The number of halogens is 1. The summed E-state index contributed by atoms with van der Waals surface area (Å²) >= 11 is 2.12. The fourth-order valence-electron chi connectivity index (χ4n) is 3.77. The van der Waals surface area contributed by atoms with Gasteiger partial charge in [0.2, 0.25) is 0 Å². The monoisotopic (exact) mass is 570 g/mol. The van der Waals surface area contributed by atoms with E-state index >= 15 is 0 Å². The third-order valence-electron chi connectivity index (χ3n) is 5.96. The van der Waals surface area contributed by atoms with Crippen LogP contribution in [0.5, 0.6) is 5.75 Å². The highest BCUT2D eigenvalue weighted by molar-refractivity contribution is 14.1. The van der Waals surface area contributed by atoms with Crippen LogP contribution in [-0.2, 0) is 19.0 Å². The lowest BCUT2D eigenvalue weighted by Gasteiger charge is -2.28. The fraction of sp³-hybridized carbons (Fsp3) is 0.500. The minimum Gasteiger partial charge on any atom is -0.497 e. The largest absolute Gasteiger partial charge is 0.497 e. The van der Waals surface area contributed by atoms with Crippen LogP contribution in [0.15, 0.2) is 59.2 Å². The van der Waals surface area contributed by atoms with Crippen LogP contribution in [0.25, 0.3) is 0 Å². The Morgan fingerprint density at radius 1 is 1.33 bits per heavy atom. The third-order valence-corrected chi connectivity index (χ3v) is 6.94. The Morgan fingerprint density at radius 3 is 2.55 bits per heavy atom. The molecule has 1 N–H and O–H groups in total. The van der Waals surface area contributed by atoms with Crippen LogP contribution in [0.3, 0.4) is 0 Å². The van der Waals surface area contributed by atoms with Crippen LogP contribution in [0, 0.1) is 5.92 Å². The van der Waals surface area contributed by atoms with Crippen molar-refractivity contribution in [3.8, 4) is 5.75 Å². The van der Waals surface area contributed by atoms with Crippen LogP contribution in [-0.4, -0.2) is 42.1 Å². The van der Waals surface area contributed by atoms with E-state index in [1.165, 1.54) is 0 Å². The molecule has 1 fully saturated rings. The van der Waals surface area contributed by atoms with E-state index in [0.29, 0.717) is 12.8 Å². The van der Waals surface area contributed by atoms with E-state index < -0.39 is 30.1 Å². The Kier molecular flexibility index (Phi) is 10.6. The molecule has 0 spiro atoms. The summed E-state index contributed by atoms with van der Waals surface area (Å²) in [5.74, 6) is 0.288. The van der Waals surface area contributed by atoms with Crippen LogP contribution in [0.4, 0.5) is 0 Å². The van der Waals surface area contributed by atoms with Crippen LogP contribution in [0.1, 0.15) is 51.9 Å². The molecule has 1 aromatic carbocycles. The predicted molar refractivity (Wildman–Crippen MR) is 137 cm³/mol. The van der Waals surface area contributed by atoms with Crippen molar-refractivity contribution in [1.82, 2.24) is 0 Å². The van der Waals surface area contributed by atoms with Gasteiger partial charge in [-0.2, -0.15) is 0 Å². The van der Waals surface area contributed by atoms with Crippen molar-refractivity contribution in [1.29, 1.82) is 0 Å². The molecule has 6 atom stereocenters. The van der Waals surface area contributed by atoms with Gasteiger partial charge >= 0.3 is 5.97 Å². The molecule has 182 valence electrons. The molecule has 0 amide bonds. The molecule has 7 heteroatoms. The maximum absolute atomic E-state index is 12.5. The van der Waals surface area contributed by atoms with Crippen molar-refractivity contribution in [2.45, 2.75) is 70.2 Å². The Balaban J connectivity index is 1.95. The van der Waals surface area contributed by atoms with Gasteiger partial charge in [0.1, 0.15) is 18.0 Å². The zero-order valence-electron chi connectivity index (χ0n) is 19.8. The number of hydrogen-bond acceptors (Lipinski definition) is 6. The smallest absolute Gasteiger partial charge is 0.309 e. The Bertz CT molecular complexity index is 836. The van der Waals surface area contributed by atoms with Gasteiger partial charge in [0.05, 0.1) is 25.2 Å². The van der Waals surface area contributed by atoms with E-state index in [1.54, 1.807) is 19.3 Å². The second-order valence-electron chi connectivity index (χ2n) is 8.58. The van der Waals surface area contributed by atoms with E-state index in [4.69, 9.17) is 18.9 Å². The fourth-order valence-corrected chi connectivity index (χ4v) is 4.12. The summed E-state index contributed by atoms with van der Waals surface area (Å²) in [6, 6.07) is 7.50. The lowest BCUT2D eigenvalue weighted by Crippen LogP contribution is -2.36. The van der Waals surface area contributed by atoms with Gasteiger partial charge in [-0.05, 0) is 48.5 Å². The van der Waals surface area contributed by atoms with Crippen LogP contribution in [0.2, 0.25) is 0 Å². The number of carbonyl (C=O) groups excluding carboxylic acids is 1. The molecule has 0 saturated carbocycles. The maximum Gasteiger partial charge on any atom is 0.309 e. The Labute approximate surface area is 210 Å². The summed E-state index contributed by atoms with van der Waals surface area (Å²) < 4.78 is 25.0. The highest BCUT2D eigenvalue weighted by atomic mass is 127. The first-order chi connectivity index (χ1) is 15.7. The molecule has 2 rings (SSSR count). The SMILES string of the molecule is C=CC(C)C(OC(=O)CC(O)CCC1(C)OC(c2ccc(OC)cc2)OC1C=C)/C(C)=C/I. The molecule has 0 aliphatic carbocycles. The first kappa shape index (κ1) is 27.6. The van der Waals surface area contributed by atoms with Gasteiger partial charge < -0.3 is 24.1 Å². The molecule has 33 heavy (non-hydrogen) atoms. The zero-order valence-corrected chi connectivity index (χ0v) is 22.0. The van der Waals surface area contributed by atoms with E-state index in [9.17, 15) is 9.90 Å². The third kappa shape index (κ3) is 7.40. The number of hydrogen-bond donors (Lipinski definition) is 1. The Hall–Kier alpha value is -1.68. The van der Waals surface area contributed by atoms with E-state index in [1.807, 2.05) is 49.1 Å². The molecule has 1 saturated heterocycles. The minimum atomic E-state index is -0.855. The number of aliphatic hydroxyl groups is 1. The van der Waals surface area contributed by atoms with Gasteiger partial charge in [-0.15, -0.1) is 13.2 Å². The molecular formula is C26H35IO6. The summed E-state index contributed by atoms with van der Waals surface area (Å²) in [6.45, 7) is 13.5. The molecule has 0 bridgehead atoms. The molecule has 0 aromatic heterocycles. The lowest BCUT2D eigenvalue weighted by atomic mass is 9.91. The normalized spacial score (nSPS) is 25.7. The highest BCUT2D eigenvalue weighted by Crippen LogP contribution is 2.42. The van der Waals surface area contributed by atoms with Crippen LogP contribution < -0.4 is 4.74 Å². The van der Waals surface area contributed by atoms with Gasteiger partial charge in [0, 0.05) is 11.5 Å². The van der Waals surface area contributed by atoms with E-state index in [-0.39, 0.29) is 18.4 Å². The lowest BCUT2D eigenvalue weighted by molar-refractivity contribution is -0.151. The molecule has 1 aromatic rings. The zero-order chi connectivity index (χ0) is 24.6. The van der Waals surface area contributed by atoms with Gasteiger partial charge in [0.25, 0.3) is 0 Å². The number of esters is 1. The summed E-state index contributed by atoms with van der Waals surface area (Å²) in [7, 11) is 1.62.